The van der Waals surface area contributed by atoms with Crippen LogP contribution < -0.4 is 9.47 Å². The zero-order valence-corrected chi connectivity index (χ0v) is 8.28. The van der Waals surface area contributed by atoms with Crippen molar-refractivity contribution in [2.24, 2.45) is 0 Å². The van der Waals surface area contributed by atoms with Crippen LogP contribution in [-0.2, 0) is 4.74 Å². The minimum absolute atomic E-state index is 0.173. The molecule has 0 N–H and O–H groups in total. The first-order chi connectivity index (χ1) is 7.20. The van der Waals surface area contributed by atoms with E-state index >= 15 is 0 Å². The largest absolute Gasteiger partial charge is 0.497 e. The van der Waals surface area contributed by atoms with Gasteiger partial charge >= 0.3 is 5.97 Å². The SMILES string of the molecule is C=C1COc2cc(OC)ccc2C(=O)O1. The van der Waals surface area contributed by atoms with Gasteiger partial charge in [0.05, 0.1) is 7.11 Å². The molecular weight excluding hydrogens is 196 g/mol. The molecule has 0 saturated heterocycles. The Morgan fingerprint density at radius 3 is 3.00 bits per heavy atom. The van der Waals surface area contributed by atoms with Crippen molar-refractivity contribution < 1.29 is 19.0 Å². The summed E-state index contributed by atoms with van der Waals surface area (Å²) in [4.78, 5) is 11.5. The Hall–Kier alpha value is -1.97. The molecule has 0 atom stereocenters. The van der Waals surface area contributed by atoms with E-state index in [0.29, 0.717) is 22.8 Å². The van der Waals surface area contributed by atoms with Gasteiger partial charge in [0.15, 0.2) is 0 Å². The lowest BCUT2D eigenvalue weighted by Gasteiger charge is -2.06. The van der Waals surface area contributed by atoms with Gasteiger partial charge in [0.25, 0.3) is 0 Å². The van der Waals surface area contributed by atoms with Gasteiger partial charge in [-0.15, -0.1) is 0 Å². The van der Waals surface area contributed by atoms with Crippen LogP contribution >= 0.6 is 0 Å². The molecule has 1 aromatic carbocycles. The van der Waals surface area contributed by atoms with E-state index in [9.17, 15) is 4.79 Å². The van der Waals surface area contributed by atoms with Crippen LogP contribution in [0, 0.1) is 0 Å². The predicted molar refractivity (Wildman–Crippen MR) is 53.0 cm³/mol. The molecule has 1 heterocycles. The van der Waals surface area contributed by atoms with Crippen LogP contribution in [-0.4, -0.2) is 19.7 Å². The lowest BCUT2D eigenvalue weighted by atomic mass is 10.2. The van der Waals surface area contributed by atoms with Crippen LogP contribution in [0.3, 0.4) is 0 Å². The highest BCUT2D eigenvalue weighted by Gasteiger charge is 2.20. The van der Waals surface area contributed by atoms with Crippen molar-refractivity contribution in [1.82, 2.24) is 0 Å². The van der Waals surface area contributed by atoms with Crippen molar-refractivity contribution in [3.05, 3.63) is 36.1 Å². The van der Waals surface area contributed by atoms with E-state index < -0.39 is 5.97 Å². The molecule has 0 fully saturated rings. The zero-order chi connectivity index (χ0) is 10.8. The molecule has 1 aliphatic rings. The number of fused-ring (bicyclic) bond motifs is 1. The van der Waals surface area contributed by atoms with Gasteiger partial charge in [-0.05, 0) is 12.1 Å². The van der Waals surface area contributed by atoms with E-state index in [1.165, 1.54) is 0 Å². The second-order valence-corrected chi connectivity index (χ2v) is 3.08. The number of rotatable bonds is 1. The summed E-state index contributed by atoms with van der Waals surface area (Å²) in [5.41, 5.74) is 0.384. The number of carbonyl (C=O) groups excluding carboxylic acids is 1. The van der Waals surface area contributed by atoms with Gasteiger partial charge in [-0.25, -0.2) is 4.79 Å². The Kier molecular flexibility index (Phi) is 2.33. The average Bonchev–Trinajstić information content (AvgIpc) is 2.38. The van der Waals surface area contributed by atoms with Crippen molar-refractivity contribution >= 4 is 5.97 Å². The van der Waals surface area contributed by atoms with Crippen LogP contribution in [0.15, 0.2) is 30.5 Å². The Bertz CT molecular complexity index is 423. The van der Waals surface area contributed by atoms with Gasteiger partial charge in [-0.1, -0.05) is 6.58 Å². The molecule has 0 aromatic heterocycles. The molecule has 0 spiro atoms. The summed E-state index contributed by atoms with van der Waals surface area (Å²) in [6.07, 6.45) is 0. The lowest BCUT2D eigenvalue weighted by Crippen LogP contribution is -2.02. The maximum Gasteiger partial charge on any atom is 0.347 e. The number of hydrogen-bond donors (Lipinski definition) is 0. The van der Waals surface area contributed by atoms with E-state index in [1.54, 1.807) is 25.3 Å². The molecular formula is C11H10O4. The van der Waals surface area contributed by atoms with Gasteiger partial charge in [-0.2, -0.15) is 0 Å². The number of esters is 1. The molecule has 2 rings (SSSR count). The summed E-state index contributed by atoms with van der Waals surface area (Å²) in [6, 6.07) is 4.93. The van der Waals surface area contributed by atoms with Crippen LogP contribution in [0.5, 0.6) is 11.5 Å². The zero-order valence-electron chi connectivity index (χ0n) is 8.28. The van der Waals surface area contributed by atoms with Crippen molar-refractivity contribution in [3.63, 3.8) is 0 Å². The Balaban J connectivity index is 2.44. The highest BCUT2D eigenvalue weighted by molar-refractivity contribution is 5.93. The summed E-state index contributed by atoms with van der Waals surface area (Å²) < 4.78 is 15.3. The summed E-state index contributed by atoms with van der Waals surface area (Å²) in [5.74, 6) is 0.942. The van der Waals surface area contributed by atoms with E-state index in [4.69, 9.17) is 14.2 Å². The smallest absolute Gasteiger partial charge is 0.347 e. The first kappa shape index (κ1) is 9.58. The fourth-order valence-electron chi connectivity index (χ4n) is 1.29. The van der Waals surface area contributed by atoms with Crippen LogP contribution in [0.25, 0.3) is 0 Å². The first-order valence-corrected chi connectivity index (χ1v) is 4.41. The fraction of sp³-hybridized carbons (Fsp3) is 0.182. The van der Waals surface area contributed by atoms with Gasteiger partial charge in [0, 0.05) is 6.07 Å². The number of hydrogen-bond acceptors (Lipinski definition) is 4. The Labute approximate surface area is 87.1 Å². The molecule has 15 heavy (non-hydrogen) atoms. The standard InChI is InChI=1S/C11H10O4/c1-7-6-14-10-5-8(13-2)3-4-9(10)11(12)15-7/h3-5H,1,6H2,2H3. The van der Waals surface area contributed by atoms with Crippen LogP contribution in [0.4, 0.5) is 0 Å². The highest BCUT2D eigenvalue weighted by Crippen LogP contribution is 2.28. The molecule has 0 bridgehead atoms. The third-order valence-corrected chi connectivity index (χ3v) is 2.03. The summed E-state index contributed by atoms with van der Waals surface area (Å²) in [5, 5.41) is 0. The molecule has 0 amide bonds. The Morgan fingerprint density at radius 1 is 1.47 bits per heavy atom. The second kappa shape index (κ2) is 3.65. The van der Waals surface area contributed by atoms with Crippen LogP contribution in [0.1, 0.15) is 10.4 Å². The highest BCUT2D eigenvalue weighted by atomic mass is 16.6. The molecule has 78 valence electrons. The number of carbonyl (C=O) groups is 1. The van der Waals surface area contributed by atoms with Crippen molar-refractivity contribution in [2.75, 3.05) is 13.7 Å². The minimum Gasteiger partial charge on any atom is -0.497 e. The lowest BCUT2D eigenvalue weighted by molar-refractivity contribution is 0.0619. The topological polar surface area (TPSA) is 44.8 Å². The second-order valence-electron chi connectivity index (χ2n) is 3.08. The molecule has 0 saturated carbocycles. The Morgan fingerprint density at radius 2 is 2.27 bits per heavy atom. The van der Waals surface area contributed by atoms with Crippen molar-refractivity contribution in [3.8, 4) is 11.5 Å². The summed E-state index contributed by atoms with van der Waals surface area (Å²) >= 11 is 0. The molecule has 4 nitrogen and oxygen atoms in total. The van der Waals surface area contributed by atoms with Crippen molar-refractivity contribution in [2.45, 2.75) is 0 Å². The van der Waals surface area contributed by atoms with Gasteiger partial charge in [-0.3, -0.25) is 0 Å². The van der Waals surface area contributed by atoms with Gasteiger partial charge in [0.2, 0.25) is 0 Å². The number of methoxy groups -OCH3 is 1. The molecule has 0 radical (unpaired) electrons. The quantitative estimate of drug-likeness (QED) is 0.657. The molecule has 1 aromatic rings. The molecule has 1 aliphatic heterocycles. The van der Waals surface area contributed by atoms with E-state index in [-0.39, 0.29) is 6.61 Å². The molecule has 0 unspecified atom stereocenters. The molecule has 4 heteroatoms. The fourth-order valence-corrected chi connectivity index (χ4v) is 1.29. The van der Waals surface area contributed by atoms with E-state index in [0.717, 1.165) is 0 Å². The maximum absolute atomic E-state index is 11.5. The van der Waals surface area contributed by atoms with E-state index in [2.05, 4.69) is 6.58 Å². The monoisotopic (exact) mass is 206 g/mol. The first-order valence-electron chi connectivity index (χ1n) is 4.41. The predicted octanol–water partition coefficient (Wildman–Crippen LogP) is 1.76. The summed E-state index contributed by atoms with van der Waals surface area (Å²) in [6.45, 7) is 3.72. The van der Waals surface area contributed by atoms with Gasteiger partial charge in [0.1, 0.15) is 29.4 Å². The van der Waals surface area contributed by atoms with E-state index in [1.807, 2.05) is 0 Å². The third-order valence-electron chi connectivity index (χ3n) is 2.03. The van der Waals surface area contributed by atoms with Crippen LogP contribution in [0.2, 0.25) is 0 Å². The number of benzene rings is 1. The maximum atomic E-state index is 11.5. The summed E-state index contributed by atoms with van der Waals surface area (Å²) in [7, 11) is 1.55. The number of cyclic esters (lactones) is 1. The normalized spacial score (nSPS) is 14.7. The number of ether oxygens (including phenoxy) is 3. The molecule has 0 aliphatic carbocycles. The third kappa shape index (κ3) is 1.79. The average molecular weight is 206 g/mol. The van der Waals surface area contributed by atoms with Gasteiger partial charge < -0.3 is 14.2 Å². The van der Waals surface area contributed by atoms with Crippen molar-refractivity contribution in [1.29, 1.82) is 0 Å². The minimum atomic E-state index is -0.449.